The zero-order valence-corrected chi connectivity index (χ0v) is 9.27. The first-order chi connectivity index (χ1) is 7.64. The van der Waals surface area contributed by atoms with Gasteiger partial charge in [0.2, 0.25) is 0 Å². The maximum atomic E-state index is 6.17. The summed E-state index contributed by atoms with van der Waals surface area (Å²) in [6, 6.07) is 8.10. The minimum absolute atomic E-state index is 0.338. The number of aryl methyl sites for hydroxylation is 1. The molecule has 0 fully saturated rings. The Morgan fingerprint density at radius 1 is 1.31 bits per heavy atom. The van der Waals surface area contributed by atoms with Gasteiger partial charge in [0.25, 0.3) is 0 Å². The third-order valence-electron chi connectivity index (χ3n) is 2.70. The van der Waals surface area contributed by atoms with E-state index in [2.05, 4.69) is 29.4 Å². The van der Waals surface area contributed by atoms with Crippen molar-refractivity contribution in [3.05, 3.63) is 47.7 Å². The van der Waals surface area contributed by atoms with E-state index >= 15 is 0 Å². The van der Waals surface area contributed by atoms with Crippen LogP contribution in [0.3, 0.4) is 0 Å². The van der Waals surface area contributed by atoms with Gasteiger partial charge in [-0.1, -0.05) is 31.2 Å². The van der Waals surface area contributed by atoms with Gasteiger partial charge in [0.15, 0.2) is 11.6 Å². The van der Waals surface area contributed by atoms with Crippen LogP contribution in [0.2, 0.25) is 0 Å². The van der Waals surface area contributed by atoms with Crippen molar-refractivity contribution < 1.29 is 0 Å². The second-order valence-electron chi connectivity index (χ2n) is 3.85. The van der Waals surface area contributed by atoms with Crippen molar-refractivity contribution in [2.24, 2.45) is 16.5 Å². The van der Waals surface area contributed by atoms with Crippen molar-refractivity contribution in [3.8, 4) is 0 Å². The lowest BCUT2D eigenvalue weighted by atomic mass is 9.98. The summed E-state index contributed by atoms with van der Waals surface area (Å²) in [6.07, 6.45) is 4.53. The van der Waals surface area contributed by atoms with Gasteiger partial charge in [0.05, 0.1) is 0 Å². The maximum absolute atomic E-state index is 6.17. The molecule has 1 aromatic rings. The lowest BCUT2D eigenvalue weighted by molar-refractivity contribution is 0.581. The number of nitrogens with two attached hydrogens (primary N) is 2. The van der Waals surface area contributed by atoms with Crippen molar-refractivity contribution in [1.29, 1.82) is 0 Å². The minimum Gasteiger partial charge on any atom is -0.370 e. The molecule has 0 spiro atoms. The van der Waals surface area contributed by atoms with E-state index in [4.69, 9.17) is 11.5 Å². The molecule has 1 heterocycles. The fourth-order valence-electron chi connectivity index (χ4n) is 1.69. The number of benzene rings is 1. The summed E-state index contributed by atoms with van der Waals surface area (Å²) in [5.74, 6) is 0.338. The molecule has 4 nitrogen and oxygen atoms in total. The molecule has 0 bridgehead atoms. The Labute approximate surface area is 95.1 Å². The van der Waals surface area contributed by atoms with E-state index in [1.54, 1.807) is 12.3 Å². The molecule has 5 N–H and O–H groups in total. The molecule has 1 unspecified atom stereocenters. The van der Waals surface area contributed by atoms with Gasteiger partial charge in [-0.3, -0.25) is 5.73 Å². The summed E-state index contributed by atoms with van der Waals surface area (Å²) in [5.41, 5.74) is 13.1. The van der Waals surface area contributed by atoms with Gasteiger partial charge in [0, 0.05) is 6.20 Å². The highest BCUT2D eigenvalue weighted by Gasteiger charge is 2.25. The van der Waals surface area contributed by atoms with E-state index < -0.39 is 5.66 Å². The number of nitrogens with one attached hydrogen (secondary N) is 1. The molecule has 1 aliphatic rings. The largest absolute Gasteiger partial charge is 0.370 e. The van der Waals surface area contributed by atoms with E-state index in [-0.39, 0.29) is 0 Å². The Hall–Kier alpha value is -1.81. The van der Waals surface area contributed by atoms with E-state index in [1.807, 2.05) is 12.1 Å². The van der Waals surface area contributed by atoms with Gasteiger partial charge in [-0.15, -0.1) is 0 Å². The smallest absolute Gasteiger partial charge is 0.195 e. The molecule has 4 heteroatoms. The second kappa shape index (κ2) is 3.98. The highest BCUT2D eigenvalue weighted by Crippen LogP contribution is 2.23. The lowest BCUT2D eigenvalue weighted by Crippen LogP contribution is -2.42. The Morgan fingerprint density at radius 2 is 2.00 bits per heavy atom. The molecule has 1 atom stereocenters. The van der Waals surface area contributed by atoms with E-state index in [0.29, 0.717) is 5.96 Å². The van der Waals surface area contributed by atoms with Gasteiger partial charge in [-0.2, -0.15) is 0 Å². The predicted octanol–water partition coefficient (Wildman–Crippen LogP) is 0.792. The van der Waals surface area contributed by atoms with Crippen LogP contribution >= 0.6 is 0 Å². The zero-order chi connectivity index (χ0) is 11.6. The van der Waals surface area contributed by atoms with Crippen molar-refractivity contribution in [2.75, 3.05) is 0 Å². The number of guanidine groups is 1. The maximum Gasteiger partial charge on any atom is 0.195 e. The van der Waals surface area contributed by atoms with E-state index in [0.717, 1.165) is 12.0 Å². The molecular formula is C12H16N4. The molecule has 0 radical (unpaired) electrons. The average molecular weight is 216 g/mol. The number of aliphatic imine (C=N–C) groups is 1. The van der Waals surface area contributed by atoms with Crippen LogP contribution in [-0.4, -0.2) is 5.96 Å². The summed E-state index contributed by atoms with van der Waals surface area (Å²) in [6.45, 7) is 2.12. The molecule has 0 saturated heterocycles. The Kier molecular flexibility index (Phi) is 2.66. The first kappa shape index (κ1) is 10.7. The van der Waals surface area contributed by atoms with E-state index in [9.17, 15) is 0 Å². The first-order valence-electron chi connectivity index (χ1n) is 5.32. The lowest BCUT2D eigenvalue weighted by Gasteiger charge is -2.25. The Morgan fingerprint density at radius 3 is 2.56 bits per heavy atom. The van der Waals surface area contributed by atoms with Crippen LogP contribution in [0, 0.1) is 0 Å². The normalized spacial score (nSPS) is 23.8. The van der Waals surface area contributed by atoms with Crippen LogP contribution in [0.1, 0.15) is 18.1 Å². The van der Waals surface area contributed by atoms with Crippen LogP contribution in [0.5, 0.6) is 0 Å². The summed E-state index contributed by atoms with van der Waals surface area (Å²) < 4.78 is 0. The highest BCUT2D eigenvalue weighted by atomic mass is 15.2. The van der Waals surface area contributed by atoms with Gasteiger partial charge in [-0.05, 0) is 23.6 Å². The topological polar surface area (TPSA) is 76.4 Å². The van der Waals surface area contributed by atoms with E-state index in [1.165, 1.54) is 5.56 Å². The predicted molar refractivity (Wildman–Crippen MR) is 65.6 cm³/mol. The first-order valence-corrected chi connectivity index (χ1v) is 5.32. The fraction of sp³-hybridized carbons (Fsp3) is 0.250. The number of hydrogen-bond donors (Lipinski definition) is 3. The summed E-state index contributed by atoms with van der Waals surface area (Å²) in [5, 5.41) is 2.80. The molecule has 0 saturated carbocycles. The fourth-order valence-corrected chi connectivity index (χ4v) is 1.69. The van der Waals surface area contributed by atoms with Crippen molar-refractivity contribution in [2.45, 2.75) is 19.0 Å². The summed E-state index contributed by atoms with van der Waals surface area (Å²) in [4.78, 5) is 4.21. The van der Waals surface area contributed by atoms with Crippen molar-refractivity contribution in [1.82, 2.24) is 5.32 Å². The monoisotopic (exact) mass is 216 g/mol. The van der Waals surface area contributed by atoms with Gasteiger partial charge < -0.3 is 11.1 Å². The minimum atomic E-state index is -0.846. The molecule has 1 aliphatic heterocycles. The molecular weight excluding hydrogens is 200 g/mol. The molecule has 0 aromatic heterocycles. The van der Waals surface area contributed by atoms with Crippen LogP contribution in [-0.2, 0) is 12.1 Å². The highest BCUT2D eigenvalue weighted by molar-refractivity contribution is 5.80. The molecule has 16 heavy (non-hydrogen) atoms. The molecule has 2 rings (SSSR count). The van der Waals surface area contributed by atoms with Gasteiger partial charge in [0.1, 0.15) is 0 Å². The van der Waals surface area contributed by atoms with Crippen molar-refractivity contribution in [3.63, 3.8) is 0 Å². The van der Waals surface area contributed by atoms with Crippen LogP contribution < -0.4 is 16.8 Å². The quantitative estimate of drug-likeness (QED) is 0.684. The SMILES string of the molecule is CCc1ccc(C2(N)C=CNC(N)=N2)cc1. The number of hydrogen-bond acceptors (Lipinski definition) is 4. The second-order valence-corrected chi connectivity index (χ2v) is 3.85. The summed E-state index contributed by atoms with van der Waals surface area (Å²) in [7, 11) is 0. The average Bonchev–Trinajstić information content (AvgIpc) is 2.29. The third kappa shape index (κ3) is 1.92. The molecule has 0 amide bonds. The Bertz CT molecular complexity index is 433. The standard InChI is InChI=1S/C12H16N4/c1-2-9-3-5-10(6-4-9)12(14)7-8-15-11(13)16-12/h3-8H,2,14H2,1H3,(H3,13,15,16). The van der Waals surface area contributed by atoms with Gasteiger partial charge in [-0.25, -0.2) is 4.99 Å². The molecule has 0 aliphatic carbocycles. The number of rotatable bonds is 2. The molecule has 1 aromatic carbocycles. The zero-order valence-electron chi connectivity index (χ0n) is 9.27. The third-order valence-corrected chi connectivity index (χ3v) is 2.70. The van der Waals surface area contributed by atoms with Gasteiger partial charge >= 0.3 is 0 Å². The molecule has 84 valence electrons. The van der Waals surface area contributed by atoms with Crippen LogP contribution in [0.15, 0.2) is 41.5 Å². The van der Waals surface area contributed by atoms with Crippen LogP contribution in [0.4, 0.5) is 0 Å². The number of nitrogens with zero attached hydrogens (tertiary/aromatic N) is 1. The van der Waals surface area contributed by atoms with Crippen molar-refractivity contribution >= 4 is 5.96 Å². The summed E-state index contributed by atoms with van der Waals surface area (Å²) >= 11 is 0. The Balaban J connectivity index is 2.35. The van der Waals surface area contributed by atoms with Crippen LogP contribution in [0.25, 0.3) is 0 Å².